The van der Waals surface area contributed by atoms with E-state index < -0.39 is 10.0 Å². The van der Waals surface area contributed by atoms with Crippen molar-refractivity contribution < 1.29 is 8.42 Å². The highest BCUT2D eigenvalue weighted by molar-refractivity contribution is 7.90. The van der Waals surface area contributed by atoms with Crippen LogP contribution in [0.3, 0.4) is 0 Å². The molecule has 0 radical (unpaired) electrons. The van der Waals surface area contributed by atoms with E-state index in [9.17, 15) is 8.42 Å². The highest BCUT2D eigenvalue weighted by Gasteiger charge is 2.22. The molecule has 0 unspecified atom stereocenters. The largest absolute Gasteiger partial charge is 0.313 e. The first kappa shape index (κ1) is 15.3. The lowest BCUT2D eigenvalue weighted by Crippen LogP contribution is -2.22. The lowest BCUT2D eigenvalue weighted by Gasteiger charge is -2.16. The molecule has 0 fully saturated rings. The molecule has 1 aliphatic heterocycles. The smallest absolute Gasteiger partial charge is 0.268 e. The van der Waals surface area contributed by atoms with Crippen molar-refractivity contribution in [3.05, 3.63) is 58.9 Å². The predicted molar refractivity (Wildman–Crippen MR) is 88.7 cm³/mol. The van der Waals surface area contributed by atoms with Crippen LogP contribution in [0.1, 0.15) is 17.7 Å². The zero-order valence-electron chi connectivity index (χ0n) is 12.2. The zero-order chi connectivity index (χ0) is 15.7. The topological polar surface area (TPSA) is 51.1 Å². The summed E-state index contributed by atoms with van der Waals surface area (Å²) in [6.45, 7) is 3.50. The Morgan fingerprint density at radius 2 is 1.95 bits per heavy atom. The molecule has 1 aliphatic rings. The number of nitrogens with one attached hydrogen (secondary N) is 1. The van der Waals surface area contributed by atoms with E-state index in [-0.39, 0.29) is 4.90 Å². The van der Waals surface area contributed by atoms with Crippen LogP contribution < -0.4 is 5.32 Å². The van der Waals surface area contributed by atoms with Gasteiger partial charge in [-0.2, -0.15) is 0 Å². The van der Waals surface area contributed by atoms with Gasteiger partial charge in [0.05, 0.1) is 15.6 Å². The Kier molecular flexibility index (Phi) is 4.12. The van der Waals surface area contributed by atoms with E-state index >= 15 is 0 Å². The first-order chi connectivity index (χ1) is 10.5. The van der Waals surface area contributed by atoms with E-state index in [0.29, 0.717) is 10.7 Å². The molecule has 3 rings (SSSR count). The maximum Gasteiger partial charge on any atom is 0.268 e. The van der Waals surface area contributed by atoms with Gasteiger partial charge in [-0.15, -0.1) is 0 Å². The van der Waals surface area contributed by atoms with Gasteiger partial charge in [-0.3, -0.25) is 0 Å². The van der Waals surface area contributed by atoms with Gasteiger partial charge < -0.3 is 5.32 Å². The van der Waals surface area contributed by atoms with Gasteiger partial charge >= 0.3 is 0 Å². The maximum absolute atomic E-state index is 12.9. The lowest BCUT2D eigenvalue weighted by atomic mass is 10.1. The predicted octanol–water partition coefficient (Wildman–Crippen LogP) is 3.06. The first-order valence-corrected chi connectivity index (χ1v) is 8.90. The molecule has 2 aromatic rings. The van der Waals surface area contributed by atoms with Gasteiger partial charge in [-0.1, -0.05) is 35.4 Å². The summed E-state index contributed by atoms with van der Waals surface area (Å²) in [5, 5.41) is 3.64. The summed E-state index contributed by atoms with van der Waals surface area (Å²) in [5.74, 6) is 0. The van der Waals surface area contributed by atoms with E-state index in [4.69, 9.17) is 11.6 Å². The van der Waals surface area contributed by atoms with E-state index in [0.717, 1.165) is 30.6 Å². The minimum absolute atomic E-state index is 0.265. The van der Waals surface area contributed by atoms with Crippen molar-refractivity contribution in [2.24, 2.45) is 0 Å². The van der Waals surface area contributed by atoms with Crippen LogP contribution in [0.2, 0.25) is 5.02 Å². The Morgan fingerprint density at radius 1 is 1.23 bits per heavy atom. The van der Waals surface area contributed by atoms with Crippen molar-refractivity contribution in [1.82, 2.24) is 9.29 Å². The van der Waals surface area contributed by atoms with Gasteiger partial charge in [0.1, 0.15) is 0 Å². The summed E-state index contributed by atoms with van der Waals surface area (Å²) >= 11 is 6.08. The quantitative estimate of drug-likeness (QED) is 0.937. The molecule has 1 N–H and O–H groups in total. The van der Waals surface area contributed by atoms with Crippen LogP contribution in [-0.2, 0) is 10.0 Å². The molecule has 0 saturated carbocycles. The maximum atomic E-state index is 12.9. The monoisotopic (exact) mass is 336 g/mol. The van der Waals surface area contributed by atoms with E-state index in [1.165, 1.54) is 10.2 Å². The van der Waals surface area contributed by atoms with E-state index in [1.54, 1.807) is 30.3 Å². The van der Waals surface area contributed by atoms with Crippen LogP contribution >= 0.6 is 11.6 Å². The van der Waals surface area contributed by atoms with E-state index in [1.807, 2.05) is 13.0 Å². The third-order valence-corrected chi connectivity index (χ3v) is 5.62. The van der Waals surface area contributed by atoms with Crippen LogP contribution in [0.4, 0.5) is 0 Å². The second-order valence-electron chi connectivity index (χ2n) is 5.34. The molecule has 4 nitrogen and oxygen atoms in total. The van der Waals surface area contributed by atoms with Gasteiger partial charge in [-0.25, -0.2) is 12.4 Å². The Labute approximate surface area is 135 Å². The van der Waals surface area contributed by atoms with Crippen molar-refractivity contribution in [2.45, 2.75) is 18.2 Å². The minimum Gasteiger partial charge on any atom is -0.313 e. The molecule has 116 valence electrons. The molecule has 0 bridgehead atoms. The second kappa shape index (κ2) is 5.91. The van der Waals surface area contributed by atoms with Gasteiger partial charge in [0, 0.05) is 12.7 Å². The minimum atomic E-state index is -3.64. The highest BCUT2D eigenvalue weighted by Crippen LogP contribution is 2.28. The Morgan fingerprint density at radius 3 is 2.59 bits per heavy atom. The van der Waals surface area contributed by atoms with Crippen LogP contribution in [0.25, 0.3) is 5.57 Å². The van der Waals surface area contributed by atoms with Crippen molar-refractivity contribution >= 4 is 27.2 Å². The number of benzene rings is 1. The fourth-order valence-corrected chi connectivity index (χ4v) is 4.17. The molecule has 0 saturated heterocycles. The molecule has 0 amide bonds. The van der Waals surface area contributed by atoms with Crippen molar-refractivity contribution in [3.63, 3.8) is 0 Å². The van der Waals surface area contributed by atoms with Gasteiger partial charge in [-0.05, 0) is 43.7 Å². The number of aryl methyl sites for hydroxylation is 1. The highest BCUT2D eigenvalue weighted by atomic mass is 35.5. The van der Waals surface area contributed by atoms with Crippen LogP contribution in [0.5, 0.6) is 0 Å². The fraction of sp³-hybridized carbons (Fsp3) is 0.250. The molecule has 22 heavy (non-hydrogen) atoms. The number of hydrogen-bond acceptors (Lipinski definition) is 3. The number of rotatable bonds is 3. The third-order valence-electron chi connectivity index (χ3n) is 3.72. The van der Waals surface area contributed by atoms with Crippen molar-refractivity contribution in [3.8, 4) is 0 Å². The van der Waals surface area contributed by atoms with Gasteiger partial charge in [0.25, 0.3) is 10.0 Å². The summed E-state index contributed by atoms with van der Waals surface area (Å²) in [6, 6.07) is 8.55. The molecule has 1 aromatic heterocycles. The average Bonchev–Trinajstić information content (AvgIpc) is 2.91. The molecule has 0 aliphatic carbocycles. The molecular weight excluding hydrogens is 320 g/mol. The normalized spacial score (nSPS) is 15.6. The standard InChI is InChI=1S/C16H17ClN2O2S/c1-12-2-4-15(5-3-12)22(20,21)19-11-14(17)10-16(19)13-6-8-18-9-7-13/h2-6,10-11,18H,7-9H2,1H3. The van der Waals surface area contributed by atoms with Gasteiger partial charge in [0.15, 0.2) is 0 Å². The molecule has 2 heterocycles. The van der Waals surface area contributed by atoms with Gasteiger partial charge in [0.2, 0.25) is 0 Å². The lowest BCUT2D eigenvalue weighted by molar-refractivity contribution is 0.586. The molecule has 6 heteroatoms. The summed E-state index contributed by atoms with van der Waals surface area (Å²) in [7, 11) is -3.64. The van der Waals surface area contributed by atoms with Crippen LogP contribution in [0, 0.1) is 6.92 Å². The first-order valence-electron chi connectivity index (χ1n) is 7.09. The van der Waals surface area contributed by atoms with Crippen molar-refractivity contribution in [1.29, 1.82) is 0 Å². The van der Waals surface area contributed by atoms with Crippen molar-refractivity contribution in [2.75, 3.05) is 13.1 Å². The molecule has 1 aromatic carbocycles. The molecular formula is C16H17ClN2O2S. The summed E-state index contributed by atoms with van der Waals surface area (Å²) in [6.07, 6.45) is 4.26. The van der Waals surface area contributed by atoms with E-state index in [2.05, 4.69) is 5.32 Å². The Balaban J connectivity index is 2.11. The number of aromatic nitrogens is 1. The molecule has 0 atom stereocenters. The zero-order valence-corrected chi connectivity index (χ0v) is 13.8. The number of halogens is 1. The fourth-order valence-electron chi connectivity index (χ4n) is 2.53. The SMILES string of the molecule is Cc1ccc(S(=O)(=O)n2cc(Cl)cc2C2=CCNCC2)cc1. The number of hydrogen-bond donors (Lipinski definition) is 1. The third kappa shape index (κ3) is 2.84. The Bertz CT molecular complexity index is 820. The van der Waals surface area contributed by atoms with Crippen LogP contribution in [0.15, 0.2) is 47.5 Å². The summed E-state index contributed by atoms with van der Waals surface area (Å²) in [4.78, 5) is 0.265. The molecule has 0 spiro atoms. The summed E-state index contributed by atoms with van der Waals surface area (Å²) in [5.41, 5.74) is 2.67. The average molecular weight is 337 g/mol. The van der Waals surface area contributed by atoms with Crippen LogP contribution in [-0.4, -0.2) is 25.5 Å². The second-order valence-corrected chi connectivity index (χ2v) is 7.59. The summed E-state index contributed by atoms with van der Waals surface area (Å²) < 4.78 is 27.1. The Hall–Kier alpha value is -1.56. The number of nitrogens with zero attached hydrogens (tertiary/aromatic N) is 1.